The maximum atomic E-state index is 6.51. The van der Waals surface area contributed by atoms with Gasteiger partial charge in [-0.3, -0.25) is 0 Å². The van der Waals surface area contributed by atoms with E-state index in [-0.39, 0.29) is 51.0 Å². The number of fused-ring (bicyclic) bond motifs is 2. The van der Waals surface area contributed by atoms with E-state index in [1.54, 1.807) is 22.3 Å². The van der Waals surface area contributed by atoms with Crippen LogP contribution >= 0.6 is 0 Å². The van der Waals surface area contributed by atoms with Gasteiger partial charge in [0.1, 0.15) is 0 Å². The van der Waals surface area contributed by atoms with Gasteiger partial charge in [0.15, 0.2) is 0 Å². The van der Waals surface area contributed by atoms with Gasteiger partial charge in [-0.2, -0.15) is 34.4 Å². The Morgan fingerprint density at radius 2 is 0.955 bits per heavy atom. The summed E-state index contributed by atoms with van der Waals surface area (Å²) >= 11 is 0. The Balaban J connectivity index is 0. The molecule has 251 valence electrons. The Morgan fingerprint density at radius 1 is 0.659 bits per heavy atom. The molecule has 0 saturated carbocycles. The van der Waals surface area contributed by atoms with E-state index in [1.165, 1.54) is 77.0 Å². The van der Waals surface area contributed by atoms with Crippen LogP contribution in [0.3, 0.4) is 0 Å². The molecule has 0 amide bonds. The molecular weight excluding hydrogens is 711 g/mol. The molecule has 2 aliphatic rings. The standard InChI is InChI=1S/2C17H29OSi.C2H7Si.2ClH.Zr/c2*1-6-11-17(2,3)19(4,5)18-16-12-14-9-7-8-10-15(14)13-16;1-3-2;;;/h2*12-13H,6-11H2,1-5H3;3H,1-2H3;2*1H;/q2*-1;;;;+4/p-2. The molecule has 44 heavy (non-hydrogen) atoms. The van der Waals surface area contributed by atoms with E-state index in [2.05, 4.69) is 105 Å². The average Bonchev–Trinajstić information content (AvgIpc) is 3.46. The van der Waals surface area contributed by atoms with E-state index >= 15 is 0 Å². The number of rotatable bonds is 10. The van der Waals surface area contributed by atoms with Crippen LogP contribution in [0, 0.1) is 0 Å². The third-order valence-corrected chi connectivity index (χ3v) is 18.6. The van der Waals surface area contributed by atoms with E-state index in [1.807, 2.05) is 0 Å². The van der Waals surface area contributed by atoms with Crippen molar-refractivity contribution in [2.45, 2.75) is 168 Å². The van der Waals surface area contributed by atoms with Crippen LogP contribution in [-0.2, 0) is 51.9 Å². The summed E-state index contributed by atoms with van der Waals surface area (Å²) in [5.74, 6) is 2.29. The molecule has 0 fully saturated rings. The van der Waals surface area contributed by atoms with Crippen molar-refractivity contribution in [1.29, 1.82) is 0 Å². The summed E-state index contributed by atoms with van der Waals surface area (Å²) in [6, 6.07) is 9.24. The zero-order valence-corrected chi connectivity index (χ0v) is 37.6. The minimum absolute atomic E-state index is 0. The van der Waals surface area contributed by atoms with Crippen LogP contribution in [0.4, 0.5) is 0 Å². The van der Waals surface area contributed by atoms with E-state index in [0.717, 1.165) is 21.0 Å². The summed E-state index contributed by atoms with van der Waals surface area (Å²) in [7, 11) is -2.66. The Bertz CT molecular complexity index is 931. The van der Waals surface area contributed by atoms with Gasteiger partial charge in [-0.05, 0) is 60.6 Å². The molecule has 4 rings (SSSR count). The van der Waals surface area contributed by atoms with Crippen molar-refractivity contribution in [3.8, 4) is 11.5 Å². The second-order valence-corrected chi connectivity index (χ2v) is 25.3. The predicted octanol–water partition coefficient (Wildman–Crippen LogP) is 5.42. The van der Waals surface area contributed by atoms with Crippen molar-refractivity contribution in [2.75, 3.05) is 0 Å². The van der Waals surface area contributed by atoms with Gasteiger partial charge in [-0.1, -0.05) is 119 Å². The van der Waals surface area contributed by atoms with E-state index < -0.39 is 16.6 Å². The molecule has 0 aliphatic heterocycles. The summed E-state index contributed by atoms with van der Waals surface area (Å²) in [5, 5.41) is 0.666. The summed E-state index contributed by atoms with van der Waals surface area (Å²) in [4.78, 5) is 0. The molecule has 0 unspecified atom stereocenters. The first kappa shape index (κ1) is 46.5. The minimum atomic E-state index is -1.71. The molecule has 0 atom stereocenters. The molecule has 0 N–H and O–H groups in total. The molecule has 8 heteroatoms. The molecular formula is C36H65Cl2O2Si3Zr. The normalized spacial score (nSPS) is 14.5. The zero-order chi connectivity index (χ0) is 30.9. The van der Waals surface area contributed by atoms with Crippen molar-refractivity contribution < 1.29 is 59.9 Å². The molecule has 0 spiro atoms. The smallest absolute Gasteiger partial charge is 1.00 e. The van der Waals surface area contributed by atoms with Gasteiger partial charge in [0.25, 0.3) is 0 Å². The van der Waals surface area contributed by atoms with Gasteiger partial charge in [-0.25, -0.2) is 0 Å². The fourth-order valence-corrected chi connectivity index (χ4v) is 9.84. The molecule has 2 nitrogen and oxygen atoms in total. The van der Waals surface area contributed by atoms with Crippen LogP contribution < -0.4 is 33.7 Å². The van der Waals surface area contributed by atoms with Crippen LogP contribution in [0.5, 0.6) is 11.5 Å². The molecule has 0 bridgehead atoms. The zero-order valence-electron chi connectivity index (χ0n) is 30.4. The van der Waals surface area contributed by atoms with Crippen LogP contribution in [-0.4, -0.2) is 26.2 Å². The topological polar surface area (TPSA) is 18.5 Å². The molecule has 1 radical (unpaired) electrons. The predicted molar refractivity (Wildman–Crippen MR) is 190 cm³/mol. The molecule has 2 aromatic carbocycles. The number of hydrogen-bond donors (Lipinski definition) is 0. The molecule has 0 saturated heterocycles. The van der Waals surface area contributed by atoms with Crippen molar-refractivity contribution in [1.82, 2.24) is 0 Å². The monoisotopic (exact) mass is 773 g/mol. The largest absolute Gasteiger partial charge is 4.00 e. The Morgan fingerprint density at radius 3 is 1.23 bits per heavy atom. The van der Waals surface area contributed by atoms with Gasteiger partial charge in [0.2, 0.25) is 16.6 Å². The third kappa shape index (κ3) is 13.1. The summed E-state index contributed by atoms with van der Waals surface area (Å²) in [6.07, 6.45) is 15.4. The van der Waals surface area contributed by atoms with E-state index in [0.29, 0.717) is 10.1 Å². The van der Waals surface area contributed by atoms with Crippen LogP contribution in [0.1, 0.15) is 115 Å². The first-order valence-electron chi connectivity index (χ1n) is 16.8. The third-order valence-electron chi connectivity index (χ3n) is 10.1. The van der Waals surface area contributed by atoms with Gasteiger partial charge in [0.05, 0.1) is 0 Å². The summed E-state index contributed by atoms with van der Waals surface area (Å²) in [5.41, 5.74) is 6.16. The average molecular weight is 776 g/mol. The fraction of sp³-hybridized carbons (Fsp3) is 0.722. The molecule has 0 heterocycles. The quantitative estimate of drug-likeness (QED) is 0.237. The second kappa shape index (κ2) is 20.7. The summed E-state index contributed by atoms with van der Waals surface area (Å²) in [6.45, 7) is 28.0. The molecule has 0 aromatic heterocycles. The SMILES string of the molecule is CCCC(C)(C)[Si](C)(C)Oc1cc2c([cH-]1)CCCC2.CCCC(C)(C)[Si](C)(C)Oc1cc2c([cH-]1)CCCC2.C[SiH]C.[Cl-].[Cl-].[Zr+4]. The van der Waals surface area contributed by atoms with Crippen LogP contribution in [0.2, 0.25) is 49.4 Å². The minimum Gasteiger partial charge on any atom is -1.00 e. The van der Waals surface area contributed by atoms with E-state index in [4.69, 9.17) is 8.85 Å². The van der Waals surface area contributed by atoms with Gasteiger partial charge >= 0.3 is 26.2 Å². The van der Waals surface area contributed by atoms with Crippen molar-refractivity contribution in [3.05, 3.63) is 46.5 Å². The Kier molecular flexibility index (Phi) is 21.9. The fourth-order valence-electron chi connectivity index (χ4n) is 6.17. The summed E-state index contributed by atoms with van der Waals surface area (Å²) < 4.78 is 13.0. The number of aryl methyl sites for hydroxylation is 4. The molecule has 2 aromatic rings. The van der Waals surface area contributed by atoms with Crippen LogP contribution in [0.25, 0.3) is 0 Å². The maximum absolute atomic E-state index is 6.51. The first-order chi connectivity index (χ1) is 19.1. The van der Waals surface area contributed by atoms with Gasteiger partial charge in [-0.15, -0.1) is 12.1 Å². The number of hydrogen-bond acceptors (Lipinski definition) is 2. The van der Waals surface area contributed by atoms with E-state index in [9.17, 15) is 0 Å². The van der Waals surface area contributed by atoms with Crippen molar-refractivity contribution in [2.24, 2.45) is 0 Å². The van der Waals surface area contributed by atoms with Crippen molar-refractivity contribution >= 4 is 26.2 Å². The van der Waals surface area contributed by atoms with Crippen LogP contribution in [0.15, 0.2) is 24.3 Å². The second-order valence-electron chi connectivity index (χ2n) is 15.0. The Hall–Kier alpha value is 0.414. The molecule has 2 aliphatic carbocycles. The van der Waals surface area contributed by atoms with Gasteiger partial charge in [0, 0.05) is 9.52 Å². The number of halogens is 2. The Labute approximate surface area is 309 Å². The van der Waals surface area contributed by atoms with Gasteiger partial charge < -0.3 is 33.7 Å². The van der Waals surface area contributed by atoms with Crippen molar-refractivity contribution in [3.63, 3.8) is 0 Å². The first-order valence-corrected chi connectivity index (χ1v) is 24.9. The maximum Gasteiger partial charge on any atom is 4.00 e.